The number of carbonyl (C=O) groups excluding carboxylic acids is 9. The van der Waals surface area contributed by atoms with E-state index in [1.807, 2.05) is 27.7 Å². The van der Waals surface area contributed by atoms with Crippen molar-refractivity contribution >= 4 is 53.0 Å². The lowest BCUT2D eigenvalue weighted by atomic mass is 9.96. The largest absolute Gasteiger partial charge is 0.508 e. The maximum atomic E-state index is 14.4. The highest BCUT2D eigenvalue weighted by Crippen LogP contribution is 2.17. The van der Waals surface area contributed by atoms with Gasteiger partial charge in [-0.2, -0.15) is 0 Å². The standard InChI is InChI=1S/C51H80N10O11/c1-7-31(4)45(33(6)62)61-44(66)29-55-47(68)38(12-8-10-24-52)57-51(72)42(28-35-16-20-37(64)21-17-35)60-48(69)39(13-9-11-25-53)58-50(71)41(26-30(2)3)59-49(70)40(22-23-43(54)65)56-46(67)32(5)27-34-14-18-36(63)19-15-34/h14-21,30-32,38-42,45,63-64H,7-13,22-29,52-53H2,1-6H3,(H2,54,65)(H,55,68)(H,56,67)(H,57,72)(H,58,71)(H,59,70)(H,60,69)(H,61,66)/t31?,32-,38+,39+,40+,41-,42-,45+/m1/s1. The van der Waals surface area contributed by atoms with E-state index in [9.17, 15) is 53.4 Å². The molecule has 0 saturated heterocycles. The van der Waals surface area contributed by atoms with Crippen molar-refractivity contribution in [2.24, 2.45) is 35.0 Å². The number of nitrogens with one attached hydrogen (secondary N) is 7. The Morgan fingerprint density at radius 2 is 0.972 bits per heavy atom. The van der Waals surface area contributed by atoms with Gasteiger partial charge in [0.25, 0.3) is 0 Å². The van der Waals surface area contributed by atoms with Gasteiger partial charge < -0.3 is 64.6 Å². The van der Waals surface area contributed by atoms with Gasteiger partial charge in [0.2, 0.25) is 47.3 Å². The molecule has 0 aromatic heterocycles. The molecule has 0 fully saturated rings. The highest BCUT2D eigenvalue weighted by Gasteiger charge is 2.34. The molecule has 400 valence electrons. The molecule has 0 saturated carbocycles. The second kappa shape index (κ2) is 32.4. The van der Waals surface area contributed by atoms with Crippen LogP contribution in [-0.2, 0) is 56.0 Å². The Bertz CT molecular complexity index is 2090. The Kier molecular flexibility index (Phi) is 27.7. The van der Waals surface area contributed by atoms with E-state index in [-0.39, 0.29) is 80.6 Å². The Labute approximate surface area is 423 Å². The van der Waals surface area contributed by atoms with Gasteiger partial charge in [0.1, 0.15) is 41.7 Å². The van der Waals surface area contributed by atoms with Crippen LogP contribution in [0.15, 0.2) is 48.5 Å². The molecule has 0 radical (unpaired) electrons. The molecular formula is C51H80N10O11. The molecule has 8 atom stereocenters. The molecule has 1 unspecified atom stereocenters. The van der Waals surface area contributed by atoms with Crippen LogP contribution in [0, 0.1) is 17.8 Å². The summed E-state index contributed by atoms with van der Waals surface area (Å²) in [5.41, 5.74) is 18.2. The summed E-state index contributed by atoms with van der Waals surface area (Å²) in [6.07, 6.45) is 2.39. The maximum Gasteiger partial charge on any atom is 0.243 e. The zero-order valence-corrected chi connectivity index (χ0v) is 42.7. The van der Waals surface area contributed by atoms with E-state index in [1.54, 1.807) is 31.2 Å². The van der Waals surface area contributed by atoms with Gasteiger partial charge in [0, 0.05) is 18.8 Å². The van der Waals surface area contributed by atoms with Crippen LogP contribution in [0.25, 0.3) is 0 Å². The number of carbonyl (C=O) groups is 9. The SMILES string of the molecule is CCC(C)[C@H](NC(=O)CNC(=O)[C@H](CCCCN)NC(=O)[C@@H](Cc1ccc(O)cc1)NC(=O)[C@H](CCCCN)NC(=O)[C@@H](CC(C)C)NC(=O)[C@H](CCC(N)=O)NC(=O)[C@H](C)Cc1ccc(O)cc1)C(C)=O. The predicted octanol–water partition coefficient (Wildman–Crippen LogP) is 0.749. The molecule has 21 nitrogen and oxygen atoms in total. The van der Waals surface area contributed by atoms with Gasteiger partial charge in [-0.3, -0.25) is 43.2 Å². The number of nitrogens with two attached hydrogens (primary N) is 3. The van der Waals surface area contributed by atoms with Crippen molar-refractivity contribution in [1.82, 2.24) is 37.2 Å². The van der Waals surface area contributed by atoms with Gasteiger partial charge in [0.05, 0.1) is 12.6 Å². The Morgan fingerprint density at radius 1 is 0.542 bits per heavy atom. The third-order valence-corrected chi connectivity index (χ3v) is 12.1. The van der Waals surface area contributed by atoms with Crippen LogP contribution in [-0.4, -0.2) is 119 Å². The van der Waals surface area contributed by atoms with Gasteiger partial charge >= 0.3 is 0 Å². The first-order chi connectivity index (χ1) is 34.1. The normalized spacial score (nSPS) is 14.5. The second-order valence-corrected chi connectivity index (χ2v) is 18.9. The molecule has 2 rings (SSSR count). The average molecular weight is 1010 g/mol. The van der Waals surface area contributed by atoms with Gasteiger partial charge in [-0.1, -0.05) is 65.3 Å². The van der Waals surface area contributed by atoms with Crippen LogP contribution in [0.2, 0.25) is 0 Å². The van der Waals surface area contributed by atoms with E-state index in [0.29, 0.717) is 44.2 Å². The molecule has 0 aliphatic rings. The van der Waals surface area contributed by atoms with Crippen molar-refractivity contribution in [2.75, 3.05) is 19.6 Å². The molecule has 2 aromatic carbocycles. The van der Waals surface area contributed by atoms with Crippen molar-refractivity contribution in [3.05, 3.63) is 59.7 Å². The third-order valence-electron chi connectivity index (χ3n) is 12.1. The molecule has 0 spiro atoms. The molecule has 21 heteroatoms. The molecule has 0 aliphatic carbocycles. The fourth-order valence-corrected chi connectivity index (χ4v) is 7.74. The summed E-state index contributed by atoms with van der Waals surface area (Å²) in [4.78, 5) is 121. The minimum absolute atomic E-state index is 0.0456. The van der Waals surface area contributed by atoms with E-state index in [0.717, 1.165) is 5.56 Å². The van der Waals surface area contributed by atoms with E-state index < -0.39 is 96.0 Å². The maximum absolute atomic E-state index is 14.4. The van der Waals surface area contributed by atoms with Crippen molar-refractivity contribution in [2.45, 2.75) is 155 Å². The van der Waals surface area contributed by atoms with E-state index >= 15 is 0 Å². The Balaban J connectivity index is 2.41. The number of hydrogen-bond acceptors (Lipinski definition) is 13. The summed E-state index contributed by atoms with van der Waals surface area (Å²) >= 11 is 0. The van der Waals surface area contributed by atoms with Crippen molar-refractivity contribution in [3.63, 3.8) is 0 Å². The summed E-state index contributed by atoms with van der Waals surface area (Å²) in [6, 6.07) is 5.14. The molecule has 8 amide bonds. The van der Waals surface area contributed by atoms with Crippen molar-refractivity contribution < 1.29 is 53.4 Å². The van der Waals surface area contributed by atoms with Crippen molar-refractivity contribution in [3.8, 4) is 11.5 Å². The van der Waals surface area contributed by atoms with E-state index in [4.69, 9.17) is 17.2 Å². The smallest absolute Gasteiger partial charge is 0.243 e. The van der Waals surface area contributed by atoms with Crippen LogP contribution in [0.4, 0.5) is 0 Å². The van der Waals surface area contributed by atoms with Gasteiger partial charge in [-0.25, -0.2) is 0 Å². The quantitative estimate of drug-likeness (QED) is 0.0431. The molecule has 0 aliphatic heterocycles. The van der Waals surface area contributed by atoms with Crippen molar-refractivity contribution in [1.29, 1.82) is 0 Å². The number of aromatic hydroxyl groups is 2. The number of ketones is 1. The number of Topliss-reactive ketones (excluding diaryl/α,β-unsaturated/α-hetero) is 1. The summed E-state index contributed by atoms with van der Waals surface area (Å²) in [6.45, 7) is 10.5. The summed E-state index contributed by atoms with van der Waals surface area (Å²) in [5, 5.41) is 38.4. The highest BCUT2D eigenvalue weighted by atomic mass is 16.3. The first kappa shape index (κ1) is 61.5. The summed E-state index contributed by atoms with van der Waals surface area (Å²) < 4.78 is 0. The minimum atomic E-state index is -1.35. The molecular weight excluding hydrogens is 929 g/mol. The predicted molar refractivity (Wildman–Crippen MR) is 271 cm³/mol. The van der Waals surface area contributed by atoms with E-state index in [1.165, 1.54) is 31.2 Å². The molecule has 72 heavy (non-hydrogen) atoms. The van der Waals surface area contributed by atoms with Gasteiger partial charge in [-0.05, 0) is 125 Å². The van der Waals surface area contributed by atoms with E-state index in [2.05, 4.69) is 37.2 Å². The number of hydrogen-bond donors (Lipinski definition) is 12. The number of phenols is 2. The summed E-state index contributed by atoms with van der Waals surface area (Å²) in [5.74, 6) is -6.77. The molecule has 15 N–H and O–H groups in total. The zero-order valence-electron chi connectivity index (χ0n) is 42.7. The highest BCUT2D eigenvalue weighted by molar-refractivity contribution is 5.97. The molecule has 2 aromatic rings. The number of benzene rings is 2. The zero-order chi connectivity index (χ0) is 53.9. The first-order valence-corrected chi connectivity index (χ1v) is 24.9. The second-order valence-electron chi connectivity index (χ2n) is 18.9. The number of phenolic OH excluding ortho intramolecular Hbond substituents is 2. The Hall–Kier alpha value is -6.61. The number of rotatable bonds is 34. The molecule has 0 heterocycles. The fourth-order valence-electron chi connectivity index (χ4n) is 7.74. The number of amides is 8. The topological polar surface area (TPSA) is 356 Å². The minimum Gasteiger partial charge on any atom is -0.508 e. The van der Waals surface area contributed by atoms with Crippen LogP contribution in [0.5, 0.6) is 11.5 Å². The average Bonchev–Trinajstić information content (AvgIpc) is 3.33. The van der Waals surface area contributed by atoms with Crippen LogP contribution < -0.4 is 54.4 Å². The number of primary amides is 1. The lowest BCUT2D eigenvalue weighted by Crippen LogP contribution is -2.60. The monoisotopic (exact) mass is 1010 g/mol. The third kappa shape index (κ3) is 23.1. The molecule has 0 bridgehead atoms. The lowest BCUT2D eigenvalue weighted by molar-refractivity contribution is -0.136. The number of unbranched alkanes of at least 4 members (excludes halogenated alkanes) is 2. The lowest BCUT2D eigenvalue weighted by Gasteiger charge is -2.28. The van der Waals surface area contributed by atoms with Crippen LogP contribution in [0.3, 0.4) is 0 Å². The fraction of sp³-hybridized carbons (Fsp3) is 0.588. The van der Waals surface area contributed by atoms with Gasteiger partial charge in [0.15, 0.2) is 5.78 Å². The first-order valence-electron chi connectivity index (χ1n) is 24.9. The summed E-state index contributed by atoms with van der Waals surface area (Å²) in [7, 11) is 0. The van der Waals surface area contributed by atoms with Gasteiger partial charge in [-0.15, -0.1) is 0 Å². The van der Waals surface area contributed by atoms with Crippen LogP contribution in [0.1, 0.15) is 117 Å². The Morgan fingerprint density at radius 3 is 1.44 bits per heavy atom. The van der Waals surface area contributed by atoms with Crippen LogP contribution >= 0.6 is 0 Å².